The van der Waals surface area contributed by atoms with Gasteiger partial charge in [-0.3, -0.25) is 10.1 Å². The molecule has 3 N–H and O–H groups in total. The molecule has 94 valence electrons. The number of carbonyl (C=O) groups is 1. The Balaban J connectivity index is 2.32. The molecule has 18 heavy (non-hydrogen) atoms. The molecule has 0 atom stereocenters. The molecule has 2 aromatic rings. The molecule has 0 saturated carbocycles. The van der Waals surface area contributed by atoms with Crippen LogP contribution >= 0.6 is 0 Å². The minimum atomic E-state index is -0.545. The molecule has 0 aliphatic rings. The van der Waals surface area contributed by atoms with Gasteiger partial charge in [0.2, 0.25) is 0 Å². The van der Waals surface area contributed by atoms with E-state index in [0.29, 0.717) is 0 Å². The van der Waals surface area contributed by atoms with Gasteiger partial charge in [0.05, 0.1) is 12.7 Å². The highest BCUT2D eigenvalue weighted by Gasteiger charge is 2.17. The fourth-order valence-corrected chi connectivity index (χ4v) is 1.46. The molecule has 0 radical (unpaired) electrons. The first-order valence-electron chi connectivity index (χ1n) is 5.04. The van der Waals surface area contributed by atoms with Crippen molar-refractivity contribution in [3.05, 3.63) is 23.3 Å². The van der Waals surface area contributed by atoms with Crippen LogP contribution in [0.5, 0.6) is 11.5 Å². The predicted octanol–water partition coefficient (Wildman–Crippen LogP) is 0.475. The van der Waals surface area contributed by atoms with Gasteiger partial charge in [-0.25, -0.2) is 0 Å². The molecule has 0 unspecified atom stereocenters. The smallest absolute Gasteiger partial charge is 0.270 e. The molecule has 0 fully saturated rings. The second-order valence-electron chi connectivity index (χ2n) is 3.55. The largest absolute Gasteiger partial charge is 0.504 e. The van der Waals surface area contributed by atoms with Gasteiger partial charge in [-0.2, -0.15) is 5.21 Å². The molecule has 0 aliphatic heterocycles. The van der Waals surface area contributed by atoms with E-state index < -0.39 is 5.91 Å². The summed E-state index contributed by atoms with van der Waals surface area (Å²) in [6.07, 6.45) is 0. The molecular formula is C10H11N5O3. The van der Waals surface area contributed by atoms with Crippen molar-refractivity contribution in [2.75, 3.05) is 12.4 Å². The predicted molar refractivity (Wildman–Crippen MR) is 61.5 cm³/mol. The summed E-state index contributed by atoms with van der Waals surface area (Å²) < 4.78 is 4.97. The Bertz CT molecular complexity index is 567. The maximum absolute atomic E-state index is 11.9. The third kappa shape index (κ3) is 2.21. The van der Waals surface area contributed by atoms with E-state index in [2.05, 4.69) is 25.9 Å². The number of carbonyl (C=O) groups excluding carboxylic acids is 1. The summed E-state index contributed by atoms with van der Waals surface area (Å²) in [5, 5.41) is 24.9. The zero-order valence-electron chi connectivity index (χ0n) is 9.76. The quantitative estimate of drug-likeness (QED) is 0.729. The number of tetrazole rings is 1. The molecule has 8 heteroatoms. The van der Waals surface area contributed by atoms with Crippen molar-refractivity contribution >= 4 is 11.9 Å². The number of hydrogen-bond donors (Lipinski definition) is 3. The maximum Gasteiger partial charge on any atom is 0.270 e. The number of nitrogens with zero attached hydrogens (tertiary/aromatic N) is 3. The number of methoxy groups -OCH3 is 1. The van der Waals surface area contributed by atoms with Crippen molar-refractivity contribution in [1.82, 2.24) is 20.6 Å². The van der Waals surface area contributed by atoms with E-state index in [1.165, 1.54) is 13.2 Å². The summed E-state index contributed by atoms with van der Waals surface area (Å²) in [5.41, 5.74) is 0.861. The Morgan fingerprint density at radius 1 is 1.50 bits per heavy atom. The Morgan fingerprint density at radius 2 is 2.28 bits per heavy atom. The average molecular weight is 249 g/mol. The van der Waals surface area contributed by atoms with Crippen molar-refractivity contribution in [3.63, 3.8) is 0 Å². The Morgan fingerprint density at radius 3 is 2.89 bits per heavy atom. The van der Waals surface area contributed by atoms with Gasteiger partial charge in [-0.15, -0.1) is 5.10 Å². The molecule has 0 saturated heterocycles. The number of anilines is 1. The van der Waals surface area contributed by atoms with Crippen LogP contribution in [0.3, 0.4) is 0 Å². The van der Waals surface area contributed by atoms with E-state index in [1.807, 2.05) is 0 Å². The SMILES string of the molecule is COc1cc(C)cc(C(=O)Nc2nn[nH]n2)c1O. The molecule has 0 spiro atoms. The molecule has 1 aromatic heterocycles. The van der Waals surface area contributed by atoms with Crippen molar-refractivity contribution < 1.29 is 14.6 Å². The van der Waals surface area contributed by atoms with E-state index >= 15 is 0 Å². The lowest BCUT2D eigenvalue weighted by Gasteiger charge is -2.09. The molecule has 8 nitrogen and oxygen atoms in total. The average Bonchev–Trinajstić information content (AvgIpc) is 2.84. The van der Waals surface area contributed by atoms with Gasteiger partial charge in [-0.1, -0.05) is 5.10 Å². The fourth-order valence-electron chi connectivity index (χ4n) is 1.46. The number of hydrogen-bond acceptors (Lipinski definition) is 6. The number of phenols is 1. The molecule has 1 aromatic carbocycles. The summed E-state index contributed by atoms with van der Waals surface area (Å²) in [6, 6.07) is 3.16. The van der Waals surface area contributed by atoms with Gasteiger partial charge >= 0.3 is 0 Å². The number of phenolic OH excluding ortho intramolecular Hbond substituents is 1. The fraction of sp³-hybridized carbons (Fsp3) is 0.200. The van der Waals surface area contributed by atoms with Crippen molar-refractivity contribution in [3.8, 4) is 11.5 Å². The highest BCUT2D eigenvalue weighted by atomic mass is 16.5. The third-order valence-electron chi connectivity index (χ3n) is 2.25. The lowest BCUT2D eigenvalue weighted by atomic mass is 10.1. The summed E-state index contributed by atoms with van der Waals surface area (Å²) in [4.78, 5) is 11.9. The standard InChI is InChI=1S/C10H11N5O3/c1-5-3-6(8(16)7(4-5)18-2)9(17)11-10-12-14-15-13-10/h3-4,16H,1-2H3,(H2,11,12,13,14,15,17). The van der Waals surface area contributed by atoms with Crippen molar-refractivity contribution in [1.29, 1.82) is 0 Å². The van der Waals surface area contributed by atoms with Crippen LogP contribution in [0, 0.1) is 6.92 Å². The summed E-state index contributed by atoms with van der Waals surface area (Å²) in [5.74, 6) is -0.520. The van der Waals surface area contributed by atoms with Crippen LogP contribution in [0.1, 0.15) is 15.9 Å². The number of H-pyrrole nitrogens is 1. The second-order valence-corrected chi connectivity index (χ2v) is 3.55. The molecular weight excluding hydrogens is 238 g/mol. The lowest BCUT2D eigenvalue weighted by Crippen LogP contribution is -2.13. The third-order valence-corrected chi connectivity index (χ3v) is 2.25. The molecule has 0 bridgehead atoms. The first-order valence-corrected chi connectivity index (χ1v) is 5.04. The summed E-state index contributed by atoms with van der Waals surface area (Å²) in [7, 11) is 1.41. The number of amides is 1. The number of nitrogens with one attached hydrogen (secondary N) is 2. The van der Waals surface area contributed by atoms with Gasteiger partial charge in [0, 0.05) is 0 Å². The van der Waals surface area contributed by atoms with Crippen LogP contribution in [0.15, 0.2) is 12.1 Å². The number of aromatic nitrogens is 4. The highest BCUT2D eigenvalue weighted by molar-refractivity contribution is 6.05. The van der Waals surface area contributed by atoms with E-state index in [1.54, 1.807) is 13.0 Å². The van der Waals surface area contributed by atoms with Gasteiger partial charge in [0.1, 0.15) is 0 Å². The Hall–Kier alpha value is -2.64. The van der Waals surface area contributed by atoms with Crippen LogP contribution in [0.25, 0.3) is 0 Å². The Labute approximate surface area is 102 Å². The second kappa shape index (κ2) is 4.70. The number of aryl methyl sites for hydroxylation is 1. The van der Waals surface area contributed by atoms with Crippen LogP contribution in [-0.4, -0.2) is 38.7 Å². The van der Waals surface area contributed by atoms with Crippen LogP contribution in [0.4, 0.5) is 5.95 Å². The highest BCUT2D eigenvalue weighted by Crippen LogP contribution is 2.31. The number of rotatable bonds is 3. The lowest BCUT2D eigenvalue weighted by molar-refractivity contribution is 0.102. The van der Waals surface area contributed by atoms with E-state index in [4.69, 9.17) is 4.74 Å². The number of aromatic hydroxyl groups is 1. The first-order chi connectivity index (χ1) is 8.61. The molecule has 1 heterocycles. The molecule has 0 aliphatic carbocycles. The van der Waals surface area contributed by atoms with Gasteiger partial charge in [0.15, 0.2) is 11.5 Å². The Kier molecular flexibility index (Phi) is 3.09. The van der Waals surface area contributed by atoms with Crippen LogP contribution < -0.4 is 10.1 Å². The van der Waals surface area contributed by atoms with Gasteiger partial charge in [0.25, 0.3) is 11.9 Å². The van der Waals surface area contributed by atoms with Crippen molar-refractivity contribution in [2.45, 2.75) is 6.92 Å². The maximum atomic E-state index is 11.9. The minimum absolute atomic E-state index is 0.0277. The molecule has 1 amide bonds. The van der Waals surface area contributed by atoms with E-state index in [-0.39, 0.29) is 23.0 Å². The normalized spacial score (nSPS) is 10.1. The summed E-state index contributed by atoms with van der Waals surface area (Å²) in [6.45, 7) is 1.78. The monoisotopic (exact) mass is 249 g/mol. The number of benzene rings is 1. The number of aromatic amines is 1. The van der Waals surface area contributed by atoms with Crippen LogP contribution in [0.2, 0.25) is 0 Å². The summed E-state index contributed by atoms with van der Waals surface area (Å²) >= 11 is 0. The van der Waals surface area contributed by atoms with E-state index in [0.717, 1.165) is 5.56 Å². The van der Waals surface area contributed by atoms with E-state index in [9.17, 15) is 9.90 Å². The van der Waals surface area contributed by atoms with Gasteiger partial charge < -0.3 is 9.84 Å². The zero-order chi connectivity index (χ0) is 13.1. The van der Waals surface area contributed by atoms with Crippen LogP contribution in [-0.2, 0) is 0 Å². The minimum Gasteiger partial charge on any atom is -0.504 e. The number of ether oxygens (including phenoxy) is 1. The van der Waals surface area contributed by atoms with Crippen molar-refractivity contribution in [2.24, 2.45) is 0 Å². The van der Waals surface area contributed by atoms with Gasteiger partial charge in [-0.05, 0) is 29.8 Å². The zero-order valence-corrected chi connectivity index (χ0v) is 9.76. The topological polar surface area (TPSA) is 113 Å². The first kappa shape index (κ1) is 11.8. The molecule has 2 rings (SSSR count).